The van der Waals surface area contributed by atoms with E-state index in [1.807, 2.05) is 29.9 Å². The van der Waals surface area contributed by atoms with Gasteiger partial charge >= 0.3 is 0 Å². The standard InChI is InChI=1S/C14H12Br2N2O/c1-2-18-9-12(16)13(17-18)6-7-14(19)10-4-3-5-11(15)8-10/h3-9H,2H2,1H3/b7-6+. The third kappa shape index (κ3) is 3.64. The van der Waals surface area contributed by atoms with Gasteiger partial charge in [0, 0.05) is 22.8 Å². The van der Waals surface area contributed by atoms with Crippen LogP contribution in [-0.4, -0.2) is 15.6 Å². The van der Waals surface area contributed by atoms with Crippen LogP contribution in [0.1, 0.15) is 23.0 Å². The van der Waals surface area contributed by atoms with Crippen LogP contribution < -0.4 is 0 Å². The van der Waals surface area contributed by atoms with E-state index in [0.29, 0.717) is 5.56 Å². The maximum absolute atomic E-state index is 12.0. The molecule has 0 saturated heterocycles. The van der Waals surface area contributed by atoms with Gasteiger partial charge in [0.1, 0.15) is 0 Å². The summed E-state index contributed by atoms with van der Waals surface area (Å²) in [6, 6.07) is 7.32. The zero-order valence-corrected chi connectivity index (χ0v) is 13.5. The summed E-state index contributed by atoms with van der Waals surface area (Å²) in [6.07, 6.45) is 5.15. The van der Waals surface area contributed by atoms with E-state index >= 15 is 0 Å². The minimum atomic E-state index is -0.0424. The first kappa shape index (κ1) is 14.2. The highest BCUT2D eigenvalue weighted by atomic mass is 79.9. The Morgan fingerprint density at radius 1 is 1.42 bits per heavy atom. The van der Waals surface area contributed by atoms with Crippen molar-refractivity contribution >= 4 is 43.7 Å². The molecule has 2 aromatic rings. The number of ketones is 1. The lowest BCUT2D eigenvalue weighted by Gasteiger charge is -1.96. The van der Waals surface area contributed by atoms with E-state index in [9.17, 15) is 4.79 Å². The van der Waals surface area contributed by atoms with Crippen LogP contribution in [0, 0.1) is 0 Å². The first-order valence-electron chi connectivity index (χ1n) is 5.81. The Morgan fingerprint density at radius 2 is 2.21 bits per heavy atom. The summed E-state index contributed by atoms with van der Waals surface area (Å²) in [5.74, 6) is -0.0424. The molecule has 3 nitrogen and oxygen atoms in total. The molecule has 0 aliphatic carbocycles. The Kier molecular flexibility index (Phi) is 4.71. The Bertz CT molecular complexity index is 632. The zero-order valence-electron chi connectivity index (χ0n) is 10.3. The molecule has 5 heteroatoms. The van der Waals surface area contributed by atoms with Crippen LogP contribution >= 0.6 is 31.9 Å². The van der Waals surface area contributed by atoms with Crippen molar-refractivity contribution < 1.29 is 4.79 Å². The van der Waals surface area contributed by atoms with Crippen molar-refractivity contribution in [3.8, 4) is 0 Å². The SMILES string of the molecule is CCn1cc(Br)c(/C=C/C(=O)c2cccc(Br)c2)n1. The van der Waals surface area contributed by atoms with Crippen LogP contribution in [0.25, 0.3) is 6.08 Å². The lowest BCUT2D eigenvalue weighted by atomic mass is 10.1. The van der Waals surface area contributed by atoms with Gasteiger partial charge in [0.2, 0.25) is 0 Å². The average Bonchev–Trinajstić information content (AvgIpc) is 2.76. The van der Waals surface area contributed by atoms with Crippen molar-refractivity contribution in [2.24, 2.45) is 0 Å². The quantitative estimate of drug-likeness (QED) is 0.581. The molecule has 0 aliphatic rings. The molecule has 0 bridgehead atoms. The highest BCUT2D eigenvalue weighted by molar-refractivity contribution is 9.10. The van der Waals surface area contributed by atoms with Crippen LogP contribution in [0.4, 0.5) is 0 Å². The lowest BCUT2D eigenvalue weighted by molar-refractivity contribution is 0.104. The minimum Gasteiger partial charge on any atom is -0.289 e. The summed E-state index contributed by atoms with van der Waals surface area (Å²) in [7, 11) is 0. The first-order valence-corrected chi connectivity index (χ1v) is 7.39. The van der Waals surface area contributed by atoms with Gasteiger partial charge in [-0.1, -0.05) is 28.1 Å². The second-order valence-electron chi connectivity index (χ2n) is 3.93. The molecule has 0 atom stereocenters. The average molecular weight is 384 g/mol. The number of allylic oxidation sites excluding steroid dienone is 1. The second-order valence-corrected chi connectivity index (χ2v) is 5.70. The van der Waals surface area contributed by atoms with E-state index < -0.39 is 0 Å². The van der Waals surface area contributed by atoms with Crippen molar-refractivity contribution in [3.63, 3.8) is 0 Å². The summed E-state index contributed by atoms with van der Waals surface area (Å²) in [5, 5.41) is 4.33. The van der Waals surface area contributed by atoms with Crippen molar-refractivity contribution in [1.82, 2.24) is 9.78 Å². The molecule has 19 heavy (non-hydrogen) atoms. The predicted octanol–water partition coefficient (Wildman–Crippen LogP) is 4.32. The lowest BCUT2D eigenvalue weighted by Crippen LogP contribution is -1.95. The molecule has 0 radical (unpaired) electrons. The molecule has 0 aliphatic heterocycles. The van der Waals surface area contributed by atoms with E-state index in [-0.39, 0.29) is 5.78 Å². The summed E-state index contributed by atoms with van der Waals surface area (Å²) >= 11 is 6.77. The highest BCUT2D eigenvalue weighted by Gasteiger charge is 2.05. The van der Waals surface area contributed by atoms with Crippen molar-refractivity contribution in [3.05, 3.63) is 56.7 Å². The molecule has 0 spiro atoms. The van der Waals surface area contributed by atoms with Crippen LogP contribution in [0.5, 0.6) is 0 Å². The molecular formula is C14H12Br2N2O. The number of hydrogen-bond acceptors (Lipinski definition) is 2. The monoisotopic (exact) mass is 382 g/mol. The number of rotatable bonds is 4. The number of carbonyl (C=O) groups is 1. The van der Waals surface area contributed by atoms with Crippen molar-refractivity contribution in [2.75, 3.05) is 0 Å². The third-order valence-corrected chi connectivity index (χ3v) is 3.67. The molecule has 0 N–H and O–H groups in total. The fraction of sp³-hybridized carbons (Fsp3) is 0.143. The molecule has 0 amide bonds. The number of halogens is 2. The van der Waals surface area contributed by atoms with E-state index in [1.54, 1.807) is 18.2 Å². The second kappa shape index (κ2) is 6.30. The normalized spacial score (nSPS) is 11.1. The third-order valence-electron chi connectivity index (χ3n) is 2.57. The molecule has 98 valence electrons. The van der Waals surface area contributed by atoms with E-state index in [4.69, 9.17) is 0 Å². The van der Waals surface area contributed by atoms with E-state index in [1.165, 1.54) is 6.08 Å². The molecule has 0 saturated carbocycles. The van der Waals surface area contributed by atoms with Gasteiger partial charge in [-0.2, -0.15) is 5.10 Å². The van der Waals surface area contributed by atoms with Gasteiger partial charge in [0.05, 0.1) is 10.2 Å². The maximum atomic E-state index is 12.0. The predicted molar refractivity (Wildman–Crippen MR) is 83.1 cm³/mol. The van der Waals surface area contributed by atoms with Gasteiger partial charge in [0.15, 0.2) is 5.78 Å². The number of aromatic nitrogens is 2. The van der Waals surface area contributed by atoms with Gasteiger partial charge in [-0.05, 0) is 47.1 Å². The molecule has 0 fully saturated rings. The molecule has 1 heterocycles. The van der Waals surface area contributed by atoms with Crippen molar-refractivity contribution in [2.45, 2.75) is 13.5 Å². The summed E-state index contributed by atoms with van der Waals surface area (Å²) in [5.41, 5.74) is 1.40. The molecule has 0 unspecified atom stereocenters. The first-order chi connectivity index (χ1) is 9.10. The molecule has 1 aromatic carbocycles. The minimum absolute atomic E-state index is 0.0424. The molecule has 1 aromatic heterocycles. The van der Waals surface area contributed by atoms with Crippen molar-refractivity contribution in [1.29, 1.82) is 0 Å². The number of nitrogens with zero attached hydrogens (tertiary/aromatic N) is 2. The van der Waals surface area contributed by atoms with Gasteiger partial charge in [-0.3, -0.25) is 9.48 Å². The van der Waals surface area contributed by atoms with Crippen LogP contribution in [0.3, 0.4) is 0 Å². The Balaban J connectivity index is 2.18. The Hall–Kier alpha value is -1.20. The topological polar surface area (TPSA) is 34.9 Å². The van der Waals surface area contributed by atoms with Gasteiger partial charge in [-0.15, -0.1) is 0 Å². The molecular weight excluding hydrogens is 372 g/mol. The smallest absolute Gasteiger partial charge is 0.185 e. The summed E-state index contributed by atoms with van der Waals surface area (Å²) < 4.78 is 3.59. The summed E-state index contributed by atoms with van der Waals surface area (Å²) in [6.45, 7) is 2.81. The number of aryl methyl sites for hydroxylation is 1. The van der Waals surface area contributed by atoms with E-state index in [2.05, 4.69) is 37.0 Å². The largest absolute Gasteiger partial charge is 0.289 e. The number of carbonyl (C=O) groups excluding carboxylic acids is 1. The molecule has 2 rings (SSSR count). The van der Waals surface area contributed by atoms with Gasteiger partial charge in [0.25, 0.3) is 0 Å². The van der Waals surface area contributed by atoms with Gasteiger partial charge < -0.3 is 0 Å². The van der Waals surface area contributed by atoms with E-state index in [0.717, 1.165) is 21.2 Å². The summed E-state index contributed by atoms with van der Waals surface area (Å²) in [4.78, 5) is 12.0. The fourth-order valence-corrected chi connectivity index (χ4v) is 2.43. The fourth-order valence-electron chi connectivity index (χ4n) is 1.58. The number of hydrogen-bond donors (Lipinski definition) is 0. The maximum Gasteiger partial charge on any atom is 0.185 e. The Labute approximate surface area is 128 Å². The van der Waals surface area contributed by atoms with Crippen LogP contribution in [-0.2, 0) is 6.54 Å². The highest BCUT2D eigenvalue weighted by Crippen LogP contribution is 2.17. The van der Waals surface area contributed by atoms with Crippen LogP contribution in [0.2, 0.25) is 0 Å². The van der Waals surface area contributed by atoms with Crippen LogP contribution in [0.15, 0.2) is 45.5 Å². The Morgan fingerprint density at radius 3 is 2.84 bits per heavy atom. The zero-order chi connectivity index (χ0) is 13.8. The number of benzene rings is 1. The van der Waals surface area contributed by atoms with Gasteiger partial charge in [-0.25, -0.2) is 0 Å².